The molecule has 0 aliphatic heterocycles. The molecule has 4 heteroatoms. The molecule has 104 valence electrons. The van der Waals surface area contributed by atoms with Gasteiger partial charge in [-0.2, -0.15) is 0 Å². The zero-order valence-corrected chi connectivity index (χ0v) is 11.4. The molecule has 0 aromatic rings. The van der Waals surface area contributed by atoms with Crippen LogP contribution in [-0.4, -0.2) is 40.6 Å². The standard InChI is InChI=1S/C14H26N2O2/c1-2-16(12-6-4-3-5-7-12)10-14(15,13(17)18)11-8-9-11/h11-12H,2-10,15H2,1H3,(H,17,18). The Kier molecular flexibility index (Phi) is 4.28. The van der Waals surface area contributed by atoms with Gasteiger partial charge in [-0.1, -0.05) is 26.2 Å². The first-order valence-corrected chi connectivity index (χ1v) is 7.34. The zero-order valence-electron chi connectivity index (χ0n) is 11.4. The summed E-state index contributed by atoms with van der Waals surface area (Å²) < 4.78 is 0. The molecule has 0 amide bonds. The Balaban J connectivity index is 2.01. The Morgan fingerprint density at radius 3 is 2.33 bits per heavy atom. The number of nitrogens with two attached hydrogens (primary N) is 1. The number of hydrogen-bond acceptors (Lipinski definition) is 3. The van der Waals surface area contributed by atoms with Crippen molar-refractivity contribution >= 4 is 5.97 Å². The van der Waals surface area contributed by atoms with E-state index >= 15 is 0 Å². The summed E-state index contributed by atoms with van der Waals surface area (Å²) in [5, 5.41) is 9.43. The highest BCUT2D eigenvalue weighted by Gasteiger charge is 2.49. The molecule has 0 radical (unpaired) electrons. The Bertz CT molecular complexity index is 298. The van der Waals surface area contributed by atoms with Gasteiger partial charge in [0.1, 0.15) is 5.54 Å². The lowest BCUT2D eigenvalue weighted by atomic mass is 9.89. The van der Waals surface area contributed by atoms with Gasteiger partial charge in [-0.05, 0) is 38.1 Å². The fraction of sp³-hybridized carbons (Fsp3) is 0.929. The molecule has 4 nitrogen and oxygen atoms in total. The van der Waals surface area contributed by atoms with Crippen LogP contribution in [0.1, 0.15) is 51.9 Å². The Labute approximate surface area is 110 Å². The third kappa shape index (κ3) is 2.86. The number of carboxylic acids is 1. The molecular formula is C14H26N2O2. The SMILES string of the molecule is CCN(CC(N)(C(=O)O)C1CC1)C1CCCCC1. The molecule has 0 spiro atoms. The first-order valence-electron chi connectivity index (χ1n) is 7.34. The minimum atomic E-state index is -1.02. The number of aliphatic carboxylic acids is 1. The molecule has 1 unspecified atom stereocenters. The molecule has 0 aromatic heterocycles. The Morgan fingerprint density at radius 1 is 1.28 bits per heavy atom. The Hall–Kier alpha value is -0.610. The van der Waals surface area contributed by atoms with Gasteiger partial charge in [-0.25, -0.2) is 0 Å². The van der Waals surface area contributed by atoms with Crippen molar-refractivity contribution in [2.45, 2.75) is 63.5 Å². The highest BCUT2D eigenvalue weighted by molar-refractivity contribution is 5.79. The number of nitrogens with zero attached hydrogens (tertiary/aromatic N) is 1. The normalized spacial score (nSPS) is 25.1. The second-order valence-electron chi connectivity index (χ2n) is 5.97. The van der Waals surface area contributed by atoms with E-state index in [4.69, 9.17) is 5.73 Å². The Morgan fingerprint density at radius 2 is 1.89 bits per heavy atom. The largest absolute Gasteiger partial charge is 0.480 e. The van der Waals surface area contributed by atoms with E-state index in [2.05, 4.69) is 11.8 Å². The topological polar surface area (TPSA) is 66.6 Å². The molecular weight excluding hydrogens is 228 g/mol. The summed E-state index contributed by atoms with van der Waals surface area (Å²) in [6, 6.07) is 0.546. The average molecular weight is 254 g/mol. The maximum absolute atomic E-state index is 11.5. The number of carbonyl (C=O) groups is 1. The molecule has 0 saturated heterocycles. The lowest BCUT2D eigenvalue weighted by Crippen LogP contribution is -2.59. The van der Waals surface area contributed by atoms with Crippen molar-refractivity contribution in [3.05, 3.63) is 0 Å². The molecule has 2 aliphatic rings. The second kappa shape index (κ2) is 5.57. The minimum Gasteiger partial charge on any atom is -0.480 e. The maximum atomic E-state index is 11.5. The molecule has 18 heavy (non-hydrogen) atoms. The molecule has 2 aliphatic carbocycles. The molecule has 1 atom stereocenters. The first-order chi connectivity index (χ1) is 8.58. The summed E-state index contributed by atoms with van der Waals surface area (Å²) in [4.78, 5) is 13.8. The van der Waals surface area contributed by atoms with E-state index in [9.17, 15) is 9.90 Å². The number of hydrogen-bond donors (Lipinski definition) is 2. The van der Waals surface area contributed by atoms with Gasteiger partial charge in [-0.3, -0.25) is 9.69 Å². The van der Waals surface area contributed by atoms with Gasteiger partial charge in [0.05, 0.1) is 0 Å². The van der Waals surface area contributed by atoms with Crippen molar-refractivity contribution in [3.8, 4) is 0 Å². The van der Waals surface area contributed by atoms with E-state index in [1.165, 1.54) is 32.1 Å². The van der Waals surface area contributed by atoms with Crippen LogP contribution in [0.2, 0.25) is 0 Å². The first kappa shape index (κ1) is 13.8. The summed E-state index contributed by atoms with van der Waals surface area (Å²) in [5.74, 6) is -0.632. The predicted molar refractivity (Wildman–Crippen MR) is 71.4 cm³/mol. The summed E-state index contributed by atoms with van der Waals surface area (Å²) in [7, 11) is 0. The van der Waals surface area contributed by atoms with E-state index in [0.717, 1.165) is 19.4 Å². The summed E-state index contributed by atoms with van der Waals surface area (Å²) in [5.41, 5.74) is 5.17. The van der Waals surface area contributed by atoms with E-state index in [1.54, 1.807) is 0 Å². The monoisotopic (exact) mass is 254 g/mol. The highest BCUT2D eigenvalue weighted by atomic mass is 16.4. The minimum absolute atomic E-state index is 0.188. The molecule has 0 aromatic carbocycles. The van der Waals surface area contributed by atoms with Crippen molar-refractivity contribution in [3.63, 3.8) is 0 Å². The summed E-state index contributed by atoms with van der Waals surface area (Å²) in [6.07, 6.45) is 8.23. The van der Waals surface area contributed by atoms with Gasteiger partial charge >= 0.3 is 5.97 Å². The van der Waals surface area contributed by atoms with E-state index in [1.807, 2.05) is 0 Å². The smallest absolute Gasteiger partial charge is 0.325 e. The molecule has 2 fully saturated rings. The lowest BCUT2D eigenvalue weighted by molar-refractivity contribution is -0.145. The highest BCUT2D eigenvalue weighted by Crippen LogP contribution is 2.39. The van der Waals surface area contributed by atoms with Gasteiger partial charge in [0.25, 0.3) is 0 Å². The van der Waals surface area contributed by atoms with Crippen LogP contribution in [0, 0.1) is 5.92 Å². The second-order valence-corrected chi connectivity index (χ2v) is 5.97. The average Bonchev–Trinajstić information content (AvgIpc) is 3.21. The molecule has 2 saturated carbocycles. The number of carboxylic acid groups (broad SMARTS) is 1. The van der Waals surface area contributed by atoms with Gasteiger partial charge in [0.15, 0.2) is 0 Å². The van der Waals surface area contributed by atoms with Crippen LogP contribution < -0.4 is 5.73 Å². The van der Waals surface area contributed by atoms with Crippen LogP contribution in [-0.2, 0) is 4.79 Å². The van der Waals surface area contributed by atoms with Crippen LogP contribution in [0.25, 0.3) is 0 Å². The number of likely N-dealkylation sites (N-methyl/N-ethyl adjacent to an activating group) is 1. The van der Waals surface area contributed by atoms with Crippen LogP contribution >= 0.6 is 0 Å². The van der Waals surface area contributed by atoms with Crippen LogP contribution in [0.15, 0.2) is 0 Å². The van der Waals surface area contributed by atoms with Crippen molar-refractivity contribution in [2.24, 2.45) is 11.7 Å². The quantitative estimate of drug-likeness (QED) is 0.759. The van der Waals surface area contributed by atoms with Crippen molar-refractivity contribution in [1.29, 1.82) is 0 Å². The van der Waals surface area contributed by atoms with Crippen LogP contribution in [0.4, 0.5) is 0 Å². The third-order valence-corrected chi connectivity index (χ3v) is 4.67. The van der Waals surface area contributed by atoms with E-state index in [0.29, 0.717) is 12.6 Å². The van der Waals surface area contributed by atoms with Crippen molar-refractivity contribution in [1.82, 2.24) is 4.90 Å². The summed E-state index contributed by atoms with van der Waals surface area (Å²) in [6.45, 7) is 3.54. The van der Waals surface area contributed by atoms with Gasteiger partial charge in [0.2, 0.25) is 0 Å². The molecule has 3 N–H and O–H groups in total. The maximum Gasteiger partial charge on any atom is 0.325 e. The number of rotatable bonds is 6. The van der Waals surface area contributed by atoms with Crippen LogP contribution in [0.3, 0.4) is 0 Å². The fourth-order valence-corrected chi connectivity index (χ4v) is 3.25. The lowest BCUT2D eigenvalue weighted by Gasteiger charge is -2.38. The van der Waals surface area contributed by atoms with Crippen LogP contribution in [0.5, 0.6) is 0 Å². The fourth-order valence-electron chi connectivity index (χ4n) is 3.25. The molecule has 0 heterocycles. The van der Waals surface area contributed by atoms with Gasteiger partial charge < -0.3 is 10.8 Å². The van der Waals surface area contributed by atoms with Gasteiger partial charge in [0, 0.05) is 12.6 Å². The molecule has 0 bridgehead atoms. The molecule has 2 rings (SSSR count). The zero-order chi connectivity index (χ0) is 13.2. The van der Waals surface area contributed by atoms with Crippen molar-refractivity contribution in [2.75, 3.05) is 13.1 Å². The predicted octanol–water partition coefficient (Wildman–Crippen LogP) is 1.83. The van der Waals surface area contributed by atoms with E-state index in [-0.39, 0.29) is 5.92 Å². The third-order valence-electron chi connectivity index (χ3n) is 4.67. The van der Waals surface area contributed by atoms with Gasteiger partial charge in [-0.15, -0.1) is 0 Å². The van der Waals surface area contributed by atoms with E-state index < -0.39 is 11.5 Å². The van der Waals surface area contributed by atoms with Crippen molar-refractivity contribution < 1.29 is 9.90 Å². The summed E-state index contributed by atoms with van der Waals surface area (Å²) >= 11 is 0.